The molecule has 2 N–H and O–H groups in total. The van der Waals surface area contributed by atoms with E-state index < -0.39 is 37.8 Å². The molecule has 2 unspecified atom stereocenters. The van der Waals surface area contributed by atoms with E-state index in [2.05, 4.69) is 21.2 Å². The van der Waals surface area contributed by atoms with Crippen molar-refractivity contribution < 1.29 is 27.5 Å². The van der Waals surface area contributed by atoms with Crippen LogP contribution in [0.2, 0.25) is 0 Å². The van der Waals surface area contributed by atoms with Crippen LogP contribution in [-0.4, -0.2) is 36.2 Å². The van der Waals surface area contributed by atoms with Crippen LogP contribution in [0.3, 0.4) is 0 Å². The van der Waals surface area contributed by atoms with Crippen molar-refractivity contribution in [3.8, 4) is 0 Å². The molecule has 0 aliphatic rings. The molecule has 0 radical (unpaired) electrons. The Morgan fingerprint density at radius 1 is 1.10 bits per heavy atom. The smallest absolute Gasteiger partial charge is 0.405 e. The van der Waals surface area contributed by atoms with Crippen molar-refractivity contribution in [1.82, 2.24) is 5.32 Å². The maximum absolute atomic E-state index is 13.1. The molecule has 162 valence electrons. The molecule has 0 fully saturated rings. The third-order valence-corrected chi connectivity index (χ3v) is 8.73. The zero-order valence-corrected chi connectivity index (χ0v) is 19.3. The van der Waals surface area contributed by atoms with Crippen molar-refractivity contribution in [2.75, 3.05) is 0 Å². The summed E-state index contributed by atoms with van der Waals surface area (Å²) in [5, 5.41) is 9.29. The molecule has 0 saturated heterocycles. The second kappa shape index (κ2) is 8.85. The number of amides is 1. The van der Waals surface area contributed by atoms with Gasteiger partial charge in [-0.2, -0.15) is 0 Å². The second-order valence-corrected chi connectivity index (χ2v) is 11.0. The van der Waals surface area contributed by atoms with E-state index >= 15 is 0 Å². The summed E-state index contributed by atoms with van der Waals surface area (Å²) >= 11 is 3.32. The number of hydrogen-bond acceptors (Lipinski definition) is 4. The average Bonchev–Trinajstić information content (AvgIpc) is 2.65. The number of hydrogen-bond donors (Lipinski definition) is 2. The molecule has 9 heteroatoms. The third-order valence-electron chi connectivity index (χ3n) is 5.24. The van der Waals surface area contributed by atoms with Gasteiger partial charge in [-0.1, -0.05) is 22.0 Å². The Bertz CT molecular complexity index is 1070. The largest absolute Gasteiger partial charge is 0.465 e. The van der Waals surface area contributed by atoms with Crippen LogP contribution in [0.15, 0.2) is 46.9 Å². The van der Waals surface area contributed by atoms with Gasteiger partial charge in [0.1, 0.15) is 5.82 Å². The first kappa shape index (κ1) is 24.0. The summed E-state index contributed by atoms with van der Waals surface area (Å²) in [6.45, 7) is 6.00. The Morgan fingerprint density at radius 3 is 2.17 bits per heavy atom. The second-order valence-electron chi connectivity index (χ2n) is 7.60. The van der Waals surface area contributed by atoms with E-state index in [1.165, 1.54) is 58.0 Å². The number of carbonyl (C=O) groups is 2. The summed E-state index contributed by atoms with van der Waals surface area (Å²) in [6, 6.07) is 9.77. The molecule has 0 aromatic heterocycles. The number of benzene rings is 2. The highest BCUT2D eigenvalue weighted by Gasteiger charge is 2.40. The molecule has 0 heterocycles. The lowest BCUT2D eigenvalue weighted by atomic mass is 10.0. The minimum atomic E-state index is -3.78. The van der Waals surface area contributed by atoms with E-state index in [1.54, 1.807) is 12.1 Å². The quantitative estimate of drug-likeness (QED) is 0.536. The van der Waals surface area contributed by atoms with Crippen LogP contribution in [-0.2, 0) is 9.84 Å². The fraction of sp³-hybridized carbons (Fsp3) is 0.333. The van der Waals surface area contributed by atoms with E-state index in [9.17, 15) is 22.4 Å². The highest BCUT2D eigenvalue weighted by atomic mass is 79.9. The summed E-state index contributed by atoms with van der Waals surface area (Å²) in [5.41, 5.74) is -0.124. The monoisotopic (exact) mass is 499 g/mol. The lowest BCUT2D eigenvalue weighted by molar-refractivity contribution is 0.103. The minimum Gasteiger partial charge on any atom is -0.465 e. The van der Waals surface area contributed by atoms with Gasteiger partial charge in [0, 0.05) is 15.6 Å². The zero-order valence-electron chi connectivity index (χ0n) is 16.9. The van der Waals surface area contributed by atoms with Crippen LogP contribution >= 0.6 is 15.9 Å². The van der Waals surface area contributed by atoms with Gasteiger partial charge < -0.3 is 10.4 Å². The van der Waals surface area contributed by atoms with E-state index in [-0.39, 0.29) is 5.78 Å². The SMILES string of the molecule is CC(c1ccc(C(=O)c2ccc(F)cc2)c(Br)c1)S(=O)(=O)C(C)C(C)(C)NC(=O)O. The molecule has 0 bridgehead atoms. The van der Waals surface area contributed by atoms with Crippen molar-refractivity contribution in [1.29, 1.82) is 0 Å². The topological polar surface area (TPSA) is 101 Å². The van der Waals surface area contributed by atoms with Crippen molar-refractivity contribution in [2.24, 2.45) is 0 Å². The first-order valence-electron chi connectivity index (χ1n) is 9.11. The lowest BCUT2D eigenvalue weighted by Gasteiger charge is -2.33. The molecule has 2 rings (SSSR count). The van der Waals surface area contributed by atoms with E-state index in [0.29, 0.717) is 21.2 Å². The number of carbonyl (C=O) groups excluding carboxylic acids is 1. The van der Waals surface area contributed by atoms with Crippen LogP contribution in [0.1, 0.15) is 54.4 Å². The molecule has 1 amide bonds. The molecule has 2 aromatic carbocycles. The molecule has 2 aromatic rings. The van der Waals surface area contributed by atoms with Gasteiger partial charge in [0.15, 0.2) is 15.6 Å². The van der Waals surface area contributed by atoms with Crippen molar-refractivity contribution in [3.05, 3.63) is 69.4 Å². The van der Waals surface area contributed by atoms with Gasteiger partial charge in [-0.25, -0.2) is 17.6 Å². The van der Waals surface area contributed by atoms with Gasteiger partial charge in [-0.05, 0) is 69.7 Å². The molecular weight excluding hydrogens is 477 g/mol. The zero-order chi connectivity index (χ0) is 22.9. The molecule has 0 saturated carbocycles. The number of ketones is 1. The molecule has 6 nitrogen and oxygen atoms in total. The lowest BCUT2D eigenvalue weighted by Crippen LogP contribution is -2.54. The number of sulfone groups is 1. The molecule has 0 aliphatic carbocycles. The predicted molar refractivity (Wildman–Crippen MR) is 116 cm³/mol. The molecule has 0 spiro atoms. The Balaban J connectivity index is 2.33. The third kappa shape index (κ3) is 5.07. The predicted octanol–water partition coefficient (Wildman–Crippen LogP) is 4.73. The van der Waals surface area contributed by atoms with Crippen LogP contribution in [0, 0.1) is 5.82 Å². The van der Waals surface area contributed by atoms with Crippen LogP contribution in [0.5, 0.6) is 0 Å². The van der Waals surface area contributed by atoms with Gasteiger partial charge in [0.25, 0.3) is 0 Å². The van der Waals surface area contributed by atoms with E-state index in [1.807, 2.05) is 0 Å². The van der Waals surface area contributed by atoms with Gasteiger partial charge in [-0.15, -0.1) is 0 Å². The number of halogens is 2. The van der Waals surface area contributed by atoms with Crippen LogP contribution in [0.4, 0.5) is 9.18 Å². The number of carboxylic acid groups (broad SMARTS) is 1. The van der Waals surface area contributed by atoms with Gasteiger partial charge in [-0.3, -0.25) is 4.79 Å². The Hall–Kier alpha value is -2.26. The first-order chi connectivity index (χ1) is 13.8. The molecule has 30 heavy (non-hydrogen) atoms. The standard InChI is InChI=1S/C21H23BrFNO5S/c1-12(30(28,29)13(2)21(3,4)24-20(26)27)15-7-10-17(18(22)11-15)19(25)14-5-8-16(23)9-6-14/h5-13,24H,1-4H3,(H,26,27). The van der Waals surface area contributed by atoms with Crippen LogP contribution in [0.25, 0.3) is 0 Å². The normalized spacial score (nSPS) is 14.1. The fourth-order valence-electron chi connectivity index (χ4n) is 3.01. The van der Waals surface area contributed by atoms with Crippen molar-refractivity contribution in [3.63, 3.8) is 0 Å². The highest BCUT2D eigenvalue weighted by Crippen LogP contribution is 2.33. The molecular formula is C21H23BrFNO5S. The summed E-state index contributed by atoms with van der Waals surface area (Å²) in [6.07, 6.45) is -1.30. The Kier molecular flexibility index (Phi) is 7.08. The maximum Gasteiger partial charge on any atom is 0.405 e. The maximum atomic E-state index is 13.1. The van der Waals surface area contributed by atoms with Gasteiger partial charge in [0.05, 0.1) is 16.0 Å². The van der Waals surface area contributed by atoms with Crippen LogP contribution < -0.4 is 5.32 Å². The van der Waals surface area contributed by atoms with E-state index in [0.717, 1.165) is 0 Å². The van der Waals surface area contributed by atoms with E-state index in [4.69, 9.17) is 5.11 Å². The number of nitrogens with one attached hydrogen (secondary N) is 1. The van der Waals surface area contributed by atoms with Gasteiger partial charge >= 0.3 is 6.09 Å². The van der Waals surface area contributed by atoms with Crippen molar-refractivity contribution >= 4 is 37.6 Å². The highest BCUT2D eigenvalue weighted by molar-refractivity contribution is 9.10. The number of rotatable bonds is 7. The summed E-state index contributed by atoms with van der Waals surface area (Å²) < 4.78 is 39.7. The molecule has 0 aliphatic heterocycles. The van der Waals surface area contributed by atoms with Gasteiger partial charge in [0.2, 0.25) is 0 Å². The Morgan fingerprint density at radius 2 is 1.67 bits per heavy atom. The van der Waals surface area contributed by atoms with Crippen molar-refractivity contribution in [2.45, 2.75) is 43.7 Å². The minimum absolute atomic E-state index is 0.306. The fourth-order valence-corrected chi connectivity index (χ4v) is 5.60. The first-order valence-corrected chi connectivity index (χ1v) is 11.5. The molecule has 2 atom stereocenters. The average molecular weight is 500 g/mol. The summed E-state index contributed by atoms with van der Waals surface area (Å²) in [4.78, 5) is 23.7. The Labute approximate surface area is 183 Å². The summed E-state index contributed by atoms with van der Waals surface area (Å²) in [5.74, 6) is -0.779. The summed E-state index contributed by atoms with van der Waals surface area (Å²) in [7, 11) is -3.78.